The highest BCUT2D eigenvalue weighted by atomic mass is 127. The number of ether oxygens (including phenoxy) is 1. The van der Waals surface area contributed by atoms with Crippen LogP contribution in [0.25, 0.3) is 0 Å². The number of aliphatic imine (C=N–C) groups is 1. The average Bonchev–Trinajstić information content (AvgIpc) is 3.44. The Hall–Kier alpha value is -2.62. The van der Waals surface area contributed by atoms with Crippen molar-refractivity contribution in [2.45, 2.75) is 38.8 Å². The third-order valence-corrected chi connectivity index (χ3v) is 6.77. The van der Waals surface area contributed by atoms with E-state index in [0.717, 1.165) is 49.3 Å². The Balaban J connectivity index is 0.00000274. The van der Waals surface area contributed by atoms with Crippen molar-refractivity contribution in [2.75, 3.05) is 19.7 Å². The third-order valence-electron chi connectivity index (χ3n) is 6.77. The molecule has 1 fully saturated rings. The Morgan fingerprint density at radius 3 is 2.68 bits per heavy atom. The highest BCUT2D eigenvalue weighted by Gasteiger charge is 2.29. The molecule has 2 atom stereocenters. The summed E-state index contributed by atoms with van der Waals surface area (Å²) in [6.07, 6.45) is 3.19. The number of fused-ring (bicyclic) bond motifs is 1. The molecule has 34 heavy (non-hydrogen) atoms. The molecule has 0 saturated carbocycles. The summed E-state index contributed by atoms with van der Waals surface area (Å²) in [5, 5.41) is 12.3. The lowest BCUT2D eigenvalue weighted by molar-refractivity contribution is 0.259. The van der Waals surface area contributed by atoms with Gasteiger partial charge < -0.3 is 19.5 Å². The third kappa shape index (κ3) is 5.54. The Morgan fingerprint density at radius 2 is 1.88 bits per heavy atom. The van der Waals surface area contributed by atoms with Crippen LogP contribution in [0.3, 0.4) is 0 Å². The second-order valence-corrected chi connectivity index (χ2v) is 9.02. The molecule has 3 aromatic rings. The van der Waals surface area contributed by atoms with E-state index in [1.807, 2.05) is 30.7 Å². The summed E-state index contributed by atoms with van der Waals surface area (Å²) in [6, 6.07) is 19.3. The van der Waals surface area contributed by atoms with Gasteiger partial charge in [0, 0.05) is 32.1 Å². The lowest BCUT2D eigenvalue weighted by Crippen LogP contribution is -2.43. The summed E-state index contributed by atoms with van der Waals surface area (Å²) in [6.45, 7) is 5.19. The van der Waals surface area contributed by atoms with Crippen molar-refractivity contribution in [1.29, 1.82) is 0 Å². The number of likely N-dealkylation sites (tertiary alicyclic amines) is 1. The quantitative estimate of drug-likeness (QED) is 0.281. The van der Waals surface area contributed by atoms with E-state index in [2.05, 4.69) is 62.9 Å². The maximum Gasteiger partial charge on any atom is 0.194 e. The van der Waals surface area contributed by atoms with Crippen LogP contribution in [-0.4, -0.2) is 45.3 Å². The second kappa shape index (κ2) is 11.2. The number of para-hydroxylation sites is 1. The summed E-state index contributed by atoms with van der Waals surface area (Å²) in [7, 11) is 1.99. The predicted molar refractivity (Wildman–Crippen MR) is 145 cm³/mol. The summed E-state index contributed by atoms with van der Waals surface area (Å²) < 4.78 is 7.88. The lowest BCUT2D eigenvalue weighted by Gasteiger charge is -2.31. The van der Waals surface area contributed by atoms with Gasteiger partial charge >= 0.3 is 0 Å². The van der Waals surface area contributed by atoms with Gasteiger partial charge in [-0.2, -0.15) is 0 Å². The maximum atomic E-state index is 5.88. The molecule has 1 saturated heterocycles. The molecule has 0 spiro atoms. The van der Waals surface area contributed by atoms with Crippen LogP contribution >= 0.6 is 24.0 Å². The fraction of sp³-hybridized carbons (Fsp3) is 0.423. The minimum absolute atomic E-state index is 0. The number of nitrogens with zero attached hydrogens (tertiary/aromatic N) is 5. The maximum absolute atomic E-state index is 5.88. The predicted octanol–water partition coefficient (Wildman–Crippen LogP) is 4.28. The standard InChI is InChI=1S/C26H32N6O.HI/c1-19-29-30-25(31(19)2)17-27-26(28-23-13-15-33-24-11-7-6-10-22(23)24)32-14-12-21(18-32)16-20-8-4-3-5-9-20;/h3-11,21,23H,12-18H2,1-2H3,(H,27,28);1H. The van der Waals surface area contributed by atoms with Crippen molar-refractivity contribution in [2.24, 2.45) is 18.0 Å². The van der Waals surface area contributed by atoms with Gasteiger partial charge in [-0.3, -0.25) is 0 Å². The van der Waals surface area contributed by atoms with Crippen molar-refractivity contribution in [1.82, 2.24) is 25.0 Å². The van der Waals surface area contributed by atoms with Crippen LogP contribution in [0, 0.1) is 12.8 Å². The van der Waals surface area contributed by atoms with E-state index in [0.29, 0.717) is 19.1 Å². The van der Waals surface area contributed by atoms with Gasteiger partial charge in [0.2, 0.25) is 0 Å². The molecule has 8 heteroatoms. The molecule has 2 unspecified atom stereocenters. The Morgan fingerprint density at radius 1 is 1.09 bits per heavy atom. The SMILES string of the molecule is Cc1nnc(CN=C(NC2CCOc3ccccc32)N2CCC(Cc3ccccc3)C2)n1C.I. The van der Waals surface area contributed by atoms with Crippen LogP contribution in [0.4, 0.5) is 0 Å². The van der Waals surface area contributed by atoms with Crippen molar-refractivity contribution < 1.29 is 4.74 Å². The fourth-order valence-corrected chi connectivity index (χ4v) is 4.76. The number of nitrogens with one attached hydrogen (secondary N) is 1. The number of hydrogen-bond acceptors (Lipinski definition) is 4. The molecule has 0 amide bonds. The van der Waals surface area contributed by atoms with Gasteiger partial charge in [0.15, 0.2) is 11.8 Å². The average molecular weight is 572 g/mol. The van der Waals surface area contributed by atoms with Crippen molar-refractivity contribution >= 4 is 29.9 Å². The van der Waals surface area contributed by atoms with Crippen molar-refractivity contribution in [3.8, 4) is 5.75 Å². The summed E-state index contributed by atoms with van der Waals surface area (Å²) in [5.74, 6) is 4.32. The van der Waals surface area contributed by atoms with Gasteiger partial charge in [-0.1, -0.05) is 48.5 Å². The summed E-state index contributed by atoms with van der Waals surface area (Å²) >= 11 is 0. The van der Waals surface area contributed by atoms with Crippen LogP contribution in [0.2, 0.25) is 0 Å². The highest BCUT2D eigenvalue weighted by molar-refractivity contribution is 14.0. The number of halogens is 1. The molecule has 1 aromatic heterocycles. The molecule has 3 heterocycles. The summed E-state index contributed by atoms with van der Waals surface area (Å²) in [5.41, 5.74) is 2.61. The van der Waals surface area contributed by atoms with Gasteiger partial charge in [-0.15, -0.1) is 34.2 Å². The Labute approximate surface area is 218 Å². The first-order chi connectivity index (χ1) is 16.2. The zero-order chi connectivity index (χ0) is 22.6. The number of aromatic nitrogens is 3. The molecule has 1 N–H and O–H groups in total. The number of hydrogen-bond donors (Lipinski definition) is 1. The van der Waals surface area contributed by atoms with Crippen LogP contribution in [0.1, 0.15) is 41.7 Å². The van der Waals surface area contributed by atoms with E-state index < -0.39 is 0 Å². The molecular formula is C26H33IN6O. The van der Waals surface area contributed by atoms with E-state index in [1.165, 1.54) is 17.5 Å². The van der Waals surface area contributed by atoms with E-state index in [9.17, 15) is 0 Å². The van der Waals surface area contributed by atoms with E-state index in [1.54, 1.807) is 0 Å². The smallest absolute Gasteiger partial charge is 0.194 e. The molecular weight excluding hydrogens is 539 g/mol. The fourth-order valence-electron chi connectivity index (χ4n) is 4.76. The highest BCUT2D eigenvalue weighted by Crippen LogP contribution is 2.32. The van der Waals surface area contributed by atoms with Crippen molar-refractivity contribution in [3.63, 3.8) is 0 Å². The number of guanidine groups is 1. The number of aryl methyl sites for hydroxylation is 1. The van der Waals surface area contributed by atoms with Crippen molar-refractivity contribution in [3.05, 3.63) is 77.4 Å². The Bertz CT molecular complexity index is 1120. The minimum Gasteiger partial charge on any atom is -0.493 e. The summed E-state index contributed by atoms with van der Waals surface area (Å²) in [4.78, 5) is 7.44. The second-order valence-electron chi connectivity index (χ2n) is 9.02. The molecule has 0 radical (unpaired) electrons. The zero-order valence-corrected chi connectivity index (χ0v) is 22.2. The molecule has 2 aliphatic rings. The van der Waals surface area contributed by atoms with Crippen LogP contribution in [-0.2, 0) is 20.0 Å². The minimum atomic E-state index is 0. The van der Waals surface area contributed by atoms with E-state index in [-0.39, 0.29) is 30.0 Å². The molecule has 2 aliphatic heterocycles. The lowest BCUT2D eigenvalue weighted by atomic mass is 9.99. The molecule has 0 bridgehead atoms. The normalized spacial score (nSPS) is 19.8. The number of rotatable bonds is 5. The van der Waals surface area contributed by atoms with E-state index >= 15 is 0 Å². The topological polar surface area (TPSA) is 67.6 Å². The molecule has 5 rings (SSSR count). The molecule has 0 aliphatic carbocycles. The zero-order valence-electron chi connectivity index (χ0n) is 19.9. The van der Waals surface area contributed by atoms with Gasteiger partial charge in [0.25, 0.3) is 0 Å². The van der Waals surface area contributed by atoms with Gasteiger partial charge in [-0.25, -0.2) is 4.99 Å². The van der Waals surface area contributed by atoms with Crippen LogP contribution in [0.5, 0.6) is 5.75 Å². The first-order valence-electron chi connectivity index (χ1n) is 11.8. The van der Waals surface area contributed by atoms with E-state index in [4.69, 9.17) is 9.73 Å². The van der Waals surface area contributed by atoms with Gasteiger partial charge in [0.1, 0.15) is 18.1 Å². The van der Waals surface area contributed by atoms with Crippen LogP contribution < -0.4 is 10.1 Å². The van der Waals surface area contributed by atoms with Crippen LogP contribution in [0.15, 0.2) is 59.6 Å². The monoisotopic (exact) mass is 572 g/mol. The first kappa shape index (κ1) is 24.5. The first-order valence-corrected chi connectivity index (χ1v) is 11.8. The molecule has 2 aromatic carbocycles. The molecule has 7 nitrogen and oxygen atoms in total. The largest absolute Gasteiger partial charge is 0.493 e. The van der Waals surface area contributed by atoms with Gasteiger partial charge in [0.05, 0.1) is 12.6 Å². The van der Waals surface area contributed by atoms with Gasteiger partial charge in [-0.05, 0) is 37.3 Å². The molecule has 180 valence electrons. The number of benzene rings is 2. The Kier molecular flexibility index (Phi) is 8.07.